The molecule has 0 amide bonds. The van der Waals surface area contributed by atoms with Crippen LogP contribution in [0.1, 0.15) is 86.2 Å². The second-order valence-electron chi connectivity index (χ2n) is 10.3. The lowest BCUT2D eigenvalue weighted by Crippen LogP contribution is -1.94. The largest absolute Gasteiger partial charge is 0.345 e. The number of benzene rings is 2. The molecule has 0 saturated heterocycles. The lowest BCUT2D eigenvalue weighted by atomic mass is 10.0. The van der Waals surface area contributed by atoms with Crippen molar-refractivity contribution in [1.82, 2.24) is 19.9 Å². The van der Waals surface area contributed by atoms with Gasteiger partial charge < -0.3 is 9.97 Å². The van der Waals surface area contributed by atoms with Gasteiger partial charge in [0.15, 0.2) is 0 Å². The molecule has 4 nitrogen and oxygen atoms in total. The van der Waals surface area contributed by atoms with E-state index in [1.54, 1.807) is 0 Å². The van der Waals surface area contributed by atoms with Crippen molar-refractivity contribution in [1.29, 1.82) is 0 Å². The van der Waals surface area contributed by atoms with Crippen molar-refractivity contribution in [2.75, 3.05) is 0 Å². The summed E-state index contributed by atoms with van der Waals surface area (Å²) in [5.41, 5.74) is 9.35. The van der Waals surface area contributed by atoms with Crippen LogP contribution in [-0.2, 0) is 0 Å². The maximum Gasteiger partial charge on any atom is 0.110 e. The lowest BCUT2D eigenvalue weighted by Gasteiger charge is -2.06. The number of nitrogens with one attached hydrogen (secondary N) is 2. The molecule has 34 heavy (non-hydrogen) atoms. The molecule has 0 aliphatic heterocycles. The minimum Gasteiger partial charge on any atom is -0.345 e. The van der Waals surface area contributed by atoms with Crippen molar-refractivity contribution in [3.05, 3.63) is 71.6 Å². The molecule has 4 aromatic rings. The minimum absolute atomic E-state index is 0.609. The highest BCUT2D eigenvalue weighted by Gasteiger charge is 2.22. The molecule has 2 aromatic heterocycles. The normalized spacial score (nSPS) is 17.1. The van der Waals surface area contributed by atoms with Gasteiger partial charge in [-0.05, 0) is 50.7 Å². The van der Waals surface area contributed by atoms with E-state index in [1.165, 1.54) is 96.7 Å². The van der Waals surface area contributed by atoms with Crippen molar-refractivity contribution in [3.8, 4) is 33.6 Å². The molecule has 2 aliphatic rings. The van der Waals surface area contributed by atoms with E-state index in [1.807, 2.05) is 0 Å². The molecule has 0 bridgehead atoms. The number of aromatic amines is 2. The van der Waals surface area contributed by atoms with E-state index in [9.17, 15) is 0 Å². The van der Waals surface area contributed by atoms with Crippen LogP contribution < -0.4 is 0 Å². The lowest BCUT2D eigenvalue weighted by molar-refractivity contribution is 0.677. The Morgan fingerprint density at radius 1 is 0.529 bits per heavy atom. The molecule has 0 unspecified atom stereocenters. The summed E-state index contributed by atoms with van der Waals surface area (Å²) in [4.78, 5) is 17.1. The van der Waals surface area contributed by atoms with Gasteiger partial charge in [-0.25, -0.2) is 9.97 Å². The van der Waals surface area contributed by atoms with Crippen molar-refractivity contribution in [2.45, 2.75) is 77.0 Å². The van der Waals surface area contributed by atoms with Gasteiger partial charge in [0, 0.05) is 34.4 Å². The van der Waals surface area contributed by atoms with Crippen LogP contribution in [-0.4, -0.2) is 19.9 Å². The standard InChI is InChI=1S/C30H34N4/c1-19-27(33-29(31-19)25-7-3-4-8-25)23-15-11-21(12-16-23)22-13-17-24(18-14-22)28-20(2)32-30(34-28)26-9-5-6-10-26/h11-18,25-26H,3-10H2,1-2H3,(H,31,33)(H,32,34). The van der Waals surface area contributed by atoms with Crippen LogP contribution in [0.15, 0.2) is 48.5 Å². The van der Waals surface area contributed by atoms with Gasteiger partial charge in [0.25, 0.3) is 0 Å². The van der Waals surface area contributed by atoms with Crippen LogP contribution in [0.25, 0.3) is 33.6 Å². The number of hydrogen-bond acceptors (Lipinski definition) is 2. The fourth-order valence-electron chi connectivity index (χ4n) is 5.96. The Hall–Kier alpha value is -3.14. The average Bonchev–Trinajstić information content (AvgIpc) is 3.66. The van der Waals surface area contributed by atoms with Gasteiger partial charge in [-0.1, -0.05) is 74.2 Å². The van der Waals surface area contributed by atoms with Crippen molar-refractivity contribution in [3.63, 3.8) is 0 Å². The summed E-state index contributed by atoms with van der Waals surface area (Å²) < 4.78 is 0. The third-order valence-electron chi connectivity index (χ3n) is 7.94. The van der Waals surface area contributed by atoms with Crippen LogP contribution in [0, 0.1) is 13.8 Å². The first kappa shape index (κ1) is 21.4. The molecular weight excluding hydrogens is 416 g/mol. The predicted molar refractivity (Wildman–Crippen MR) is 139 cm³/mol. The molecule has 2 aliphatic carbocycles. The van der Waals surface area contributed by atoms with Gasteiger partial charge >= 0.3 is 0 Å². The first-order valence-corrected chi connectivity index (χ1v) is 13.0. The smallest absolute Gasteiger partial charge is 0.110 e. The summed E-state index contributed by atoms with van der Waals surface area (Å²) in [5.74, 6) is 3.57. The van der Waals surface area contributed by atoms with Crippen LogP contribution in [0.3, 0.4) is 0 Å². The fraction of sp³-hybridized carbons (Fsp3) is 0.400. The number of H-pyrrole nitrogens is 2. The van der Waals surface area contributed by atoms with Crippen LogP contribution in [0.4, 0.5) is 0 Å². The summed E-state index contributed by atoms with van der Waals surface area (Å²) in [5, 5.41) is 0. The SMILES string of the molecule is Cc1[nH]c(C2CCCC2)nc1-c1ccc(-c2ccc(-c3nc(C4CCCC4)[nH]c3C)cc2)cc1. The van der Waals surface area contributed by atoms with Crippen molar-refractivity contribution >= 4 is 0 Å². The molecular formula is C30H34N4. The molecule has 2 aromatic carbocycles. The summed E-state index contributed by atoms with van der Waals surface area (Å²) in [6, 6.07) is 17.7. The predicted octanol–water partition coefficient (Wildman–Crippen LogP) is 8.07. The molecule has 2 saturated carbocycles. The van der Waals surface area contributed by atoms with Crippen molar-refractivity contribution < 1.29 is 0 Å². The Morgan fingerprint density at radius 2 is 0.853 bits per heavy atom. The number of rotatable bonds is 5. The Bertz CT molecular complexity index is 1160. The highest BCUT2D eigenvalue weighted by molar-refractivity contribution is 5.72. The van der Waals surface area contributed by atoms with E-state index in [2.05, 4.69) is 72.3 Å². The third-order valence-corrected chi connectivity index (χ3v) is 7.94. The Morgan fingerprint density at radius 3 is 1.21 bits per heavy atom. The van der Waals surface area contributed by atoms with E-state index in [4.69, 9.17) is 9.97 Å². The minimum atomic E-state index is 0.609. The highest BCUT2D eigenvalue weighted by atomic mass is 14.9. The zero-order valence-electron chi connectivity index (χ0n) is 20.3. The Kier molecular flexibility index (Phi) is 5.60. The molecule has 2 fully saturated rings. The van der Waals surface area contributed by atoms with Crippen LogP contribution >= 0.6 is 0 Å². The van der Waals surface area contributed by atoms with Gasteiger partial charge in [0.2, 0.25) is 0 Å². The summed E-state index contributed by atoms with van der Waals surface area (Å²) in [7, 11) is 0. The third kappa shape index (κ3) is 4.00. The number of aryl methyl sites for hydroxylation is 2. The molecule has 2 N–H and O–H groups in total. The van der Waals surface area contributed by atoms with Crippen LogP contribution in [0.5, 0.6) is 0 Å². The Balaban J connectivity index is 1.21. The van der Waals surface area contributed by atoms with Gasteiger partial charge in [-0.3, -0.25) is 0 Å². The zero-order valence-corrected chi connectivity index (χ0v) is 20.3. The monoisotopic (exact) mass is 450 g/mol. The first-order chi connectivity index (χ1) is 16.7. The van der Waals surface area contributed by atoms with Crippen molar-refractivity contribution in [2.24, 2.45) is 0 Å². The van der Waals surface area contributed by atoms with Crippen LogP contribution in [0.2, 0.25) is 0 Å². The second-order valence-corrected chi connectivity index (χ2v) is 10.3. The summed E-state index contributed by atoms with van der Waals surface area (Å²) in [6.45, 7) is 4.28. The van der Waals surface area contributed by atoms with E-state index >= 15 is 0 Å². The summed E-state index contributed by atoms with van der Waals surface area (Å²) in [6.07, 6.45) is 10.4. The second kappa shape index (κ2) is 8.90. The molecule has 2 heterocycles. The average molecular weight is 451 g/mol. The quantitative estimate of drug-likeness (QED) is 0.323. The van der Waals surface area contributed by atoms with Gasteiger partial charge in [0.05, 0.1) is 11.4 Å². The molecule has 0 radical (unpaired) electrons. The number of nitrogens with zero attached hydrogens (tertiary/aromatic N) is 2. The zero-order chi connectivity index (χ0) is 23.1. The molecule has 0 spiro atoms. The maximum atomic E-state index is 4.98. The highest BCUT2D eigenvalue weighted by Crippen LogP contribution is 2.36. The number of hydrogen-bond donors (Lipinski definition) is 2. The van der Waals surface area contributed by atoms with E-state index in [0.717, 1.165) is 11.4 Å². The number of aromatic nitrogens is 4. The topological polar surface area (TPSA) is 57.4 Å². The maximum absolute atomic E-state index is 4.98. The van der Waals surface area contributed by atoms with Gasteiger partial charge in [-0.2, -0.15) is 0 Å². The van der Waals surface area contributed by atoms with E-state index < -0.39 is 0 Å². The molecule has 0 atom stereocenters. The first-order valence-electron chi connectivity index (χ1n) is 13.0. The Labute approximate surface area is 202 Å². The summed E-state index contributed by atoms with van der Waals surface area (Å²) >= 11 is 0. The van der Waals surface area contributed by atoms with Gasteiger partial charge in [0.1, 0.15) is 11.6 Å². The van der Waals surface area contributed by atoms with Gasteiger partial charge in [-0.15, -0.1) is 0 Å². The molecule has 4 heteroatoms. The fourth-order valence-corrected chi connectivity index (χ4v) is 5.96. The molecule has 6 rings (SSSR count). The molecule has 174 valence electrons. The number of imidazole rings is 2. The van der Waals surface area contributed by atoms with E-state index in [0.29, 0.717) is 11.8 Å². The van der Waals surface area contributed by atoms with E-state index in [-0.39, 0.29) is 0 Å².